The number of aryl methyl sites for hydroxylation is 1. The molecule has 1 aliphatic rings. The number of fused-ring (bicyclic) bond motifs is 2. The first-order valence-electron chi connectivity index (χ1n) is 10.4. The molecule has 0 radical (unpaired) electrons. The Balaban J connectivity index is 1.54. The van der Waals surface area contributed by atoms with Crippen molar-refractivity contribution in [3.05, 3.63) is 54.1 Å². The summed E-state index contributed by atoms with van der Waals surface area (Å²) in [5.74, 6) is 1.13. The number of sulfone groups is 1. The normalized spacial score (nSPS) is 16.4. The first-order valence-corrected chi connectivity index (χ1v) is 12.0. The van der Waals surface area contributed by atoms with E-state index < -0.39 is 9.84 Å². The number of anilines is 1. The van der Waals surface area contributed by atoms with Gasteiger partial charge in [-0.1, -0.05) is 26.0 Å². The van der Waals surface area contributed by atoms with Crippen LogP contribution in [0.2, 0.25) is 0 Å². The van der Waals surface area contributed by atoms with Crippen LogP contribution in [0.15, 0.2) is 47.9 Å². The van der Waals surface area contributed by atoms with E-state index in [0.29, 0.717) is 17.1 Å². The molecule has 0 aliphatic carbocycles. The summed E-state index contributed by atoms with van der Waals surface area (Å²) in [4.78, 5) is 12.6. The Morgan fingerprint density at radius 2 is 2.03 bits per heavy atom. The number of hydrogen-bond donors (Lipinski definition) is 3. The zero-order chi connectivity index (χ0) is 21.6. The average Bonchev–Trinajstić information content (AvgIpc) is 3.41. The predicted molar refractivity (Wildman–Crippen MR) is 119 cm³/mol. The summed E-state index contributed by atoms with van der Waals surface area (Å²) in [6.07, 6.45) is 6.58. The third-order valence-corrected chi connectivity index (χ3v) is 7.71. The summed E-state index contributed by atoms with van der Waals surface area (Å²) in [5.41, 5.74) is 4.41. The first-order chi connectivity index (χ1) is 14.9. The van der Waals surface area contributed by atoms with Crippen molar-refractivity contribution in [3.63, 3.8) is 0 Å². The maximum Gasteiger partial charge on any atom is 0.178 e. The lowest BCUT2D eigenvalue weighted by atomic mass is 9.94. The minimum absolute atomic E-state index is 0.104. The molecule has 1 aromatic carbocycles. The second-order valence-electron chi connectivity index (χ2n) is 8.31. The Morgan fingerprint density at radius 3 is 2.81 bits per heavy atom. The minimum Gasteiger partial charge on any atom is -0.362 e. The van der Waals surface area contributed by atoms with E-state index in [4.69, 9.17) is 0 Å². The Hall–Kier alpha value is -3.20. The van der Waals surface area contributed by atoms with Crippen LogP contribution in [0.5, 0.6) is 0 Å². The van der Waals surface area contributed by atoms with Crippen molar-refractivity contribution in [1.82, 2.24) is 25.1 Å². The number of nitrogens with zero attached hydrogens (tertiary/aromatic N) is 3. The molecular weight excluding hydrogens is 412 g/mol. The molecule has 31 heavy (non-hydrogen) atoms. The molecule has 4 heterocycles. The van der Waals surface area contributed by atoms with Gasteiger partial charge in [-0.25, -0.2) is 18.4 Å². The van der Waals surface area contributed by atoms with Crippen LogP contribution in [0.4, 0.5) is 5.82 Å². The van der Waals surface area contributed by atoms with E-state index in [-0.39, 0.29) is 17.7 Å². The SMILES string of the molecule is CC(C)[C@H](Nc1ncnc2[nH]c(-c3cn[nH]c3)cc12)c1ccc2c(c1)S(=O)(=O)CCC2. The van der Waals surface area contributed by atoms with Crippen LogP contribution in [0.25, 0.3) is 22.3 Å². The summed E-state index contributed by atoms with van der Waals surface area (Å²) in [5, 5.41) is 11.2. The number of hydrogen-bond acceptors (Lipinski definition) is 6. The van der Waals surface area contributed by atoms with E-state index in [1.165, 1.54) is 6.33 Å². The van der Waals surface area contributed by atoms with Crippen LogP contribution in [0, 0.1) is 5.92 Å². The largest absolute Gasteiger partial charge is 0.362 e. The molecule has 0 bridgehead atoms. The van der Waals surface area contributed by atoms with E-state index >= 15 is 0 Å². The fourth-order valence-electron chi connectivity index (χ4n) is 4.21. The van der Waals surface area contributed by atoms with E-state index in [2.05, 4.69) is 44.3 Å². The second-order valence-corrected chi connectivity index (χ2v) is 10.4. The molecule has 1 atom stereocenters. The Kier molecular flexibility index (Phi) is 4.77. The Bertz CT molecular complexity index is 1340. The Morgan fingerprint density at radius 1 is 1.16 bits per heavy atom. The van der Waals surface area contributed by atoms with E-state index in [0.717, 1.165) is 39.8 Å². The van der Waals surface area contributed by atoms with Gasteiger partial charge in [0.1, 0.15) is 17.8 Å². The molecule has 1 aliphatic heterocycles. The summed E-state index contributed by atoms with van der Waals surface area (Å²) in [7, 11) is -3.22. The lowest BCUT2D eigenvalue weighted by Crippen LogP contribution is -2.20. The molecule has 160 valence electrons. The van der Waals surface area contributed by atoms with Crippen LogP contribution in [-0.4, -0.2) is 39.3 Å². The fourth-order valence-corrected chi connectivity index (χ4v) is 5.84. The monoisotopic (exact) mass is 436 g/mol. The second kappa shape index (κ2) is 7.49. The van der Waals surface area contributed by atoms with Crippen molar-refractivity contribution in [2.24, 2.45) is 5.92 Å². The zero-order valence-corrected chi connectivity index (χ0v) is 18.2. The molecule has 0 unspecified atom stereocenters. The average molecular weight is 437 g/mol. The molecule has 0 spiro atoms. The molecule has 0 saturated heterocycles. The molecule has 0 saturated carbocycles. The van der Waals surface area contributed by atoms with Crippen LogP contribution >= 0.6 is 0 Å². The quantitative estimate of drug-likeness (QED) is 0.437. The van der Waals surface area contributed by atoms with Gasteiger partial charge >= 0.3 is 0 Å². The molecule has 0 fully saturated rings. The molecule has 0 amide bonds. The summed E-state index contributed by atoms with van der Waals surface area (Å²) < 4.78 is 25.2. The van der Waals surface area contributed by atoms with Crippen LogP contribution in [0.3, 0.4) is 0 Å². The van der Waals surface area contributed by atoms with Crippen molar-refractivity contribution in [3.8, 4) is 11.3 Å². The van der Waals surface area contributed by atoms with Crippen molar-refractivity contribution < 1.29 is 8.42 Å². The third-order valence-electron chi connectivity index (χ3n) is 5.84. The van der Waals surface area contributed by atoms with E-state index in [9.17, 15) is 8.42 Å². The number of nitrogens with one attached hydrogen (secondary N) is 3. The standard InChI is InChI=1S/C22H24N6O2S/c1-13(2)20(15-6-5-14-4-3-7-31(29,30)19(14)8-15)28-22-17-9-18(16-10-25-26-11-16)27-21(17)23-12-24-22/h5-6,8-13,20H,3-4,7H2,1-2H3,(H,25,26)(H2,23,24,27,28)/t20-/m0/s1. The van der Waals surface area contributed by atoms with Gasteiger partial charge in [-0.3, -0.25) is 5.10 Å². The lowest BCUT2D eigenvalue weighted by Gasteiger charge is -2.26. The van der Waals surface area contributed by atoms with Crippen molar-refractivity contribution in [2.45, 2.75) is 37.6 Å². The van der Waals surface area contributed by atoms with Gasteiger partial charge in [0.25, 0.3) is 0 Å². The summed E-state index contributed by atoms with van der Waals surface area (Å²) >= 11 is 0. The lowest BCUT2D eigenvalue weighted by molar-refractivity contribution is 0.542. The van der Waals surface area contributed by atoms with Gasteiger partial charge in [-0.2, -0.15) is 5.10 Å². The first kappa shape index (κ1) is 19.7. The van der Waals surface area contributed by atoms with Gasteiger partial charge < -0.3 is 10.3 Å². The molecule has 8 nitrogen and oxygen atoms in total. The van der Waals surface area contributed by atoms with Gasteiger partial charge in [0, 0.05) is 11.8 Å². The highest BCUT2D eigenvalue weighted by atomic mass is 32.2. The maximum absolute atomic E-state index is 12.6. The van der Waals surface area contributed by atoms with Crippen LogP contribution < -0.4 is 5.32 Å². The number of rotatable bonds is 5. The zero-order valence-electron chi connectivity index (χ0n) is 17.4. The summed E-state index contributed by atoms with van der Waals surface area (Å²) in [6.45, 7) is 4.22. The van der Waals surface area contributed by atoms with E-state index in [1.54, 1.807) is 6.20 Å². The Labute approximate surface area is 180 Å². The van der Waals surface area contributed by atoms with Gasteiger partial charge in [-0.15, -0.1) is 0 Å². The van der Waals surface area contributed by atoms with Gasteiger partial charge in [0.2, 0.25) is 0 Å². The molecule has 4 aromatic rings. The molecule has 9 heteroatoms. The highest BCUT2D eigenvalue weighted by Crippen LogP contribution is 2.34. The van der Waals surface area contributed by atoms with Crippen molar-refractivity contribution >= 4 is 26.7 Å². The minimum atomic E-state index is -3.22. The fraction of sp³-hybridized carbons (Fsp3) is 0.318. The highest BCUT2D eigenvalue weighted by molar-refractivity contribution is 7.91. The van der Waals surface area contributed by atoms with Gasteiger partial charge in [0.15, 0.2) is 9.84 Å². The smallest absolute Gasteiger partial charge is 0.178 e. The summed E-state index contributed by atoms with van der Waals surface area (Å²) in [6, 6.07) is 7.73. The molecule has 3 aromatic heterocycles. The number of H-pyrrole nitrogens is 2. The van der Waals surface area contributed by atoms with Crippen LogP contribution in [-0.2, 0) is 16.3 Å². The number of aromatic amines is 2. The van der Waals surface area contributed by atoms with Crippen molar-refractivity contribution in [2.75, 3.05) is 11.1 Å². The van der Waals surface area contributed by atoms with Gasteiger partial charge in [0.05, 0.1) is 34.0 Å². The topological polar surface area (TPSA) is 116 Å². The van der Waals surface area contributed by atoms with E-state index in [1.807, 2.05) is 30.5 Å². The number of benzene rings is 1. The third kappa shape index (κ3) is 3.59. The maximum atomic E-state index is 12.6. The van der Waals surface area contributed by atoms with Crippen molar-refractivity contribution in [1.29, 1.82) is 0 Å². The molecule has 3 N–H and O–H groups in total. The number of aromatic nitrogens is 5. The molecular formula is C22H24N6O2S. The predicted octanol–water partition coefficient (Wildman–Crippen LogP) is 3.88. The van der Waals surface area contributed by atoms with Gasteiger partial charge in [-0.05, 0) is 42.0 Å². The molecule has 5 rings (SSSR count). The van der Waals surface area contributed by atoms with Crippen LogP contribution in [0.1, 0.15) is 37.4 Å². The highest BCUT2D eigenvalue weighted by Gasteiger charge is 2.26.